The minimum Gasteiger partial charge on any atom is -0.481 e. The fourth-order valence-electron chi connectivity index (χ4n) is 1.92. The van der Waals surface area contributed by atoms with Crippen molar-refractivity contribution in [3.63, 3.8) is 0 Å². The van der Waals surface area contributed by atoms with Gasteiger partial charge in [-0.05, 0) is 25.7 Å². The average molecular weight is 199 g/mol. The maximum atomic E-state index is 11.5. The molecule has 2 unspecified atom stereocenters. The topological polar surface area (TPSA) is 57.6 Å². The molecule has 1 aliphatic heterocycles. The quantitative estimate of drug-likeness (QED) is 0.678. The Bertz CT molecular complexity index is 240. The van der Waals surface area contributed by atoms with E-state index >= 15 is 0 Å². The van der Waals surface area contributed by atoms with Gasteiger partial charge in [0.1, 0.15) is 6.42 Å². The van der Waals surface area contributed by atoms with E-state index in [-0.39, 0.29) is 18.4 Å². The second-order valence-corrected chi connectivity index (χ2v) is 4.02. The maximum Gasteiger partial charge on any atom is 0.312 e. The number of nitrogens with zero attached hydrogens (tertiary/aromatic N) is 1. The van der Waals surface area contributed by atoms with Crippen LogP contribution < -0.4 is 0 Å². The fourth-order valence-corrected chi connectivity index (χ4v) is 1.92. The molecule has 2 atom stereocenters. The summed E-state index contributed by atoms with van der Waals surface area (Å²) in [5.74, 6) is -0.821. The highest BCUT2D eigenvalue weighted by Crippen LogP contribution is 2.23. The average Bonchev–Trinajstić information content (AvgIpc) is 2.08. The largest absolute Gasteiger partial charge is 0.481 e. The minimum atomic E-state index is -1.04. The fraction of sp³-hybridized carbons (Fsp3) is 0.800. The van der Waals surface area contributed by atoms with Crippen LogP contribution in [0.2, 0.25) is 0 Å². The molecule has 0 bridgehead atoms. The Morgan fingerprint density at radius 2 is 2.07 bits per heavy atom. The zero-order valence-corrected chi connectivity index (χ0v) is 8.69. The molecule has 4 heteroatoms. The summed E-state index contributed by atoms with van der Waals surface area (Å²) in [5, 5.41) is 8.52. The zero-order valence-electron chi connectivity index (χ0n) is 8.69. The summed E-state index contributed by atoms with van der Waals surface area (Å²) in [7, 11) is 0. The molecule has 0 aromatic carbocycles. The summed E-state index contributed by atoms with van der Waals surface area (Å²) >= 11 is 0. The SMILES string of the molecule is CC1CCCN(C(=O)CC(=O)O)C1C. The van der Waals surface area contributed by atoms with Crippen LogP contribution >= 0.6 is 0 Å². The molecule has 1 amide bonds. The molecule has 1 heterocycles. The molecule has 1 fully saturated rings. The van der Waals surface area contributed by atoms with Crippen molar-refractivity contribution >= 4 is 11.9 Å². The molecule has 0 aromatic rings. The van der Waals surface area contributed by atoms with Gasteiger partial charge in [0.25, 0.3) is 0 Å². The third-order valence-electron chi connectivity index (χ3n) is 3.00. The van der Waals surface area contributed by atoms with Gasteiger partial charge in [-0.2, -0.15) is 0 Å². The minimum absolute atomic E-state index is 0.176. The summed E-state index contributed by atoms with van der Waals surface area (Å²) in [6, 6.07) is 0.176. The van der Waals surface area contributed by atoms with E-state index in [4.69, 9.17) is 5.11 Å². The molecular weight excluding hydrogens is 182 g/mol. The number of rotatable bonds is 2. The number of likely N-dealkylation sites (tertiary alicyclic amines) is 1. The van der Waals surface area contributed by atoms with E-state index in [9.17, 15) is 9.59 Å². The number of piperidine rings is 1. The molecule has 1 aliphatic rings. The van der Waals surface area contributed by atoms with Crippen LogP contribution in [0.3, 0.4) is 0 Å². The first kappa shape index (κ1) is 11.0. The molecule has 0 aromatic heterocycles. The summed E-state index contributed by atoms with van der Waals surface area (Å²) in [6.45, 7) is 4.80. The third-order valence-corrected chi connectivity index (χ3v) is 3.00. The molecular formula is C10H17NO3. The highest BCUT2D eigenvalue weighted by atomic mass is 16.4. The second kappa shape index (κ2) is 4.44. The van der Waals surface area contributed by atoms with Crippen LogP contribution in [0.1, 0.15) is 33.1 Å². The molecule has 0 radical (unpaired) electrons. The first-order chi connectivity index (χ1) is 6.52. The van der Waals surface area contributed by atoms with Gasteiger partial charge in [0, 0.05) is 12.6 Å². The van der Waals surface area contributed by atoms with Gasteiger partial charge in [0.05, 0.1) is 0 Å². The number of hydrogen-bond donors (Lipinski definition) is 1. The maximum absolute atomic E-state index is 11.5. The lowest BCUT2D eigenvalue weighted by atomic mass is 9.92. The van der Waals surface area contributed by atoms with Crippen LogP contribution in [0, 0.1) is 5.92 Å². The van der Waals surface area contributed by atoms with E-state index in [2.05, 4.69) is 6.92 Å². The van der Waals surface area contributed by atoms with Gasteiger partial charge in [0.15, 0.2) is 0 Å². The number of carbonyl (C=O) groups is 2. The summed E-state index contributed by atoms with van der Waals surface area (Å²) in [5.41, 5.74) is 0. The lowest BCUT2D eigenvalue weighted by Gasteiger charge is -2.37. The predicted molar refractivity (Wildman–Crippen MR) is 51.8 cm³/mol. The third kappa shape index (κ3) is 2.47. The van der Waals surface area contributed by atoms with E-state index in [1.54, 1.807) is 4.90 Å². The van der Waals surface area contributed by atoms with Crippen molar-refractivity contribution < 1.29 is 14.7 Å². The molecule has 4 nitrogen and oxygen atoms in total. The smallest absolute Gasteiger partial charge is 0.312 e. The monoisotopic (exact) mass is 199 g/mol. The van der Waals surface area contributed by atoms with Crippen LogP contribution in [-0.4, -0.2) is 34.5 Å². The number of carboxylic acid groups (broad SMARTS) is 1. The predicted octanol–water partition coefficient (Wildman–Crippen LogP) is 1.11. The van der Waals surface area contributed by atoms with Crippen molar-refractivity contribution in [3.8, 4) is 0 Å². The van der Waals surface area contributed by atoms with Gasteiger partial charge in [0.2, 0.25) is 5.91 Å². The number of carboxylic acids is 1. The van der Waals surface area contributed by atoms with Crippen LogP contribution in [-0.2, 0) is 9.59 Å². The molecule has 80 valence electrons. The molecule has 0 saturated carbocycles. The Morgan fingerprint density at radius 3 is 2.64 bits per heavy atom. The van der Waals surface area contributed by atoms with E-state index in [1.807, 2.05) is 6.92 Å². The number of aliphatic carboxylic acids is 1. The molecule has 1 saturated heterocycles. The van der Waals surface area contributed by atoms with Crippen molar-refractivity contribution in [3.05, 3.63) is 0 Å². The van der Waals surface area contributed by atoms with Crippen molar-refractivity contribution in [2.75, 3.05) is 6.54 Å². The number of hydrogen-bond acceptors (Lipinski definition) is 2. The zero-order chi connectivity index (χ0) is 10.7. The van der Waals surface area contributed by atoms with Crippen LogP contribution in [0.4, 0.5) is 0 Å². The standard InChI is InChI=1S/C10H17NO3/c1-7-4-3-5-11(8(7)2)9(12)6-10(13)14/h7-8H,3-6H2,1-2H3,(H,13,14). The van der Waals surface area contributed by atoms with Gasteiger partial charge >= 0.3 is 5.97 Å². The summed E-state index contributed by atoms with van der Waals surface area (Å²) in [4.78, 5) is 23.6. The van der Waals surface area contributed by atoms with Crippen LogP contribution in [0.25, 0.3) is 0 Å². The normalized spacial score (nSPS) is 27.4. The van der Waals surface area contributed by atoms with Gasteiger partial charge in [-0.1, -0.05) is 6.92 Å². The molecule has 1 rings (SSSR count). The van der Waals surface area contributed by atoms with E-state index in [1.165, 1.54) is 0 Å². The summed E-state index contributed by atoms with van der Waals surface area (Å²) in [6.07, 6.45) is 1.73. The van der Waals surface area contributed by atoms with Crippen molar-refractivity contribution in [1.29, 1.82) is 0 Å². The highest BCUT2D eigenvalue weighted by molar-refractivity contribution is 5.93. The Hall–Kier alpha value is -1.06. The van der Waals surface area contributed by atoms with E-state index < -0.39 is 5.97 Å². The molecule has 0 aliphatic carbocycles. The van der Waals surface area contributed by atoms with Gasteiger partial charge in [-0.3, -0.25) is 9.59 Å². The van der Waals surface area contributed by atoms with Gasteiger partial charge < -0.3 is 10.0 Å². The van der Waals surface area contributed by atoms with Crippen molar-refractivity contribution in [2.45, 2.75) is 39.2 Å². The Kier molecular flexibility index (Phi) is 3.49. The highest BCUT2D eigenvalue weighted by Gasteiger charge is 2.28. The van der Waals surface area contributed by atoms with Crippen LogP contribution in [0.5, 0.6) is 0 Å². The molecule has 0 spiro atoms. The second-order valence-electron chi connectivity index (χ2n) is 4.02. The van der Waals surface area contributed by atoms with Crippen molar-refractivity contribution in [1.82, 2.24) is 4.90 Å². The molecule has 14 heavy (non-hydrogen) atoms. The Balaban J connectivity index is 2.57. The summed E-state index contributed by atoms with van der Waals surface area (Å²) < 4.78 is 0. The molecule has 1 N–H and O–H groups in total. The lowest BCUT2D eigenvalue weighted by Crippen LogP contribution is -2.46. The first-order valence-corrected chi connectivity index (χ1v) is 5.03. The number of amides is 1. The first-order valence-electron chi connectivity index (χ1n) is 5.03. The van der Waals surface area contributed by atoms with Crippen molar-refractivity contribution in [2.24, 2.45) is 5.92 Å². The lowest BCUT2D eigenvalue weighted by molar-refractivity contribution is -0.146. The van der Waals surface area contributed by atoms with E-state index in [0.29, 0.717) is 12.5 Å². The van der Waals surface area contributed by atoms with Crippen LogP contribution in [0.15, 0.2) is 0 Å². The Morgan fingerprint density at radius 1 is 1.43 bits per heavy atom. The number of carbonyl (C=O) groups excluding carboxylic acids is 1. The Labute approximate surface area is 83.9 Å². The van der Waals surface area contributed by atoms with Gasteiger partial charge in [-0.25, -0.2) is 0 Å². The van der Waals surface area contributed by atoms with Gasteiger partial charge in [-0.15, -0.1) is 0 Å². The van der Waals surface area contributed by atoms with E-state index in [0.717, 1.165) is 12.8 Å².